The van der Waals surface area contributed by atoms with Crippen molar-refractivity contribution in [1.82, 2.24) is 5.32 Å². The number of hydrogen-bond acceptors (Lipinski definition) is 3. The molecule has 0 aliphatic carbocycles. The summed E-state index contributed by atoms with van der Waals surface area (Å²) in [6.45, 7) is 7.32. The van der Waals surface area contributed by atoms with Crippen LogP contribution in [-0.4, -0.2) is 6.04 Å². The molecule has 0 aliphatic rings. The van der Waals surface area contributed by atoms with Crippen LogP contribution in [0, 0.1) is 17.2 Å². The molecule has 0 saturated heterocycles. The van der Waals surface area contributed by atoms with Gasteiger partial charge in [-0.1, -0.05) is 26.7 Å². The Balaban J connectivity index is 2.42. The van der Waals surface area contributed by atoms with Gasteiger partial charge < -0.3 is 9.73 Å². The molecule has 88 valence electrons. The highest BCUT2D eigenvalue weighted by Gasteiger charge is 2.13. The van der Waals surface area contributed by atoms with E-state index in [1.54, 1.807) is 6.07 Å². The Morgan fingerprint density at radius 3 is 2.56 bits per heavy atom. The topological polar surface area (TPSA) is 49.0 Å². The molecule has 1 aromatic rings. The first kappa shape index (κ1) is 12.8. The Labute approximate surface area is 97.5 Å². The maximum atomic E-state index is 8.63. The van der Waals surface area contributed by atoms with Crippen LogP contribution < -0.4 is 5.32 Å². The lowest BCUT2D eigenvalue weighted by Crippen LogP contribution is -2.32. The van der Waals surface area contributed by atoms with Crippen LogP contribution in [0.15, 0.2) is 16.5 Å². The summed E-state index contributed by atoms with van der Waals surface area (Å²) in [4.78, 5) is 0. The normalized spacial score (nSPS) is 12.7. The van der Waals surface area contributed by atoms with Crippen molar-refractivity contribution in [3.05, 3.63) is 23.7 Å². The van der Waals surface area contributed by atoms with Gasteiger partial charge in [-0.25, -0.2) is 0 Å². The molecule has 0 aliphatic heterocycles. The zero-order valence-electron chi connectivity index (χ0n) is 10.3. The van der Waals surface area contributed by atoms with Gasteiger partial charge in [-0.2, -0.15) is 5.26 Å². The summed E-state index contributed by atoms with van der Waals surface area (Å²) in [6.07, 6.45) is 2.37. The van der Waals surface area contributed by atoms with Crippen LogP contribution >= 0.6 is 0 Å². The molecule has 0 radical (unpaired) electrons. The van der Waals surface area contributed by atoms with E-state index in [0.29, 0.717) is 24.3 Å². The number of nitrogens with zero attached hydrogens (tertiary/aromatic N) is 1. The number of nitriles is 1. The molecule has 1 rings (SSSR count). The fourth-order valence-corrected chi connectivity index (χ4v) is 1.96. The minimum absolute atomic E-state index is 0.381. The molecule has 1 atom stereocenters. The third-order valence-electron chi connectivity index (χ3n) is 3.13. The van der Waals surface area contributed by atoms with E-state index >= 15 is 0 Å². The molecular weight excluding hydrogens is 200 g/mol. The lowest BCUT2D eigenvalue weighted by molar-refractivity contribution is 0.339. The van der Waals surface area contributed by atoms with Crippen molar-refractivity contribution in [2.24, 2.45) is 5.92 Å². The summed E-state index contributed by atoms with van der Waals surface area (Å²) in [5.74, 6) is 1.91. The Hall–Kier alpha value is -1.27. The van der Waals surface area contributed by atoms with Crippen molar-refractivity contribution in [2.45, 2.75) is 46.2 Å². The predicted molar refractivity (Wildman–Crippen MR) is 63.8 cm³/mol. The highest BCUT2D eigenvalue weighted by molar-refractivity contribution is 5.18. The largest absolute Gasteiger partial charge is 0.449 e. The second kappa shape index (κ2) is 6.34. The van der Waals surface area contributed by atoms with Crippen LogP contribution in [-0.2, 0) is 6.54 Å². The predicted octanol–water partition coefficient (Wildman–Crippen LogP) is 3.07. The van der Waals surface area contributed by atoms with Gasteiger partial charge in [-0.05, 0) is 25.0 Å². The third-order valence-corrected chi connectivity index (χ3v) is 3.13. The standard InChI is InChI=1S/C13H20N2O/c1-4-11(5-2)10(3)15-9-13-7-6-12(8-14)16-13/h6-7,10-11,15H,4-5,9H2,1-3H3. The molecule has 0 aromatic carbocycles. The van der Waals surface area contributed by atoms with Crippen molar-refractivity contribution in [3.63, 3.8) is 0 Å². The van der Waals surface area contributed by atoms with Gasteiger partial charge in [0.15, 0.2) is 0 Å². The van der Waals surface area contributed by atoms with Gasteiger partial charge >= 0.3 is 0 Å². The average molecular weight is 220 g/mol. The second-order valence-electron chi connectivity index (χ2n) is 4.12. The van der Waals surface area contributed by atoms with Crippen molar-refractivity contribution < 1.29 is 4.42 Å². The van der Waals surface area contributed by atoms with Gasteiger partial charge in [0.25, 0.3) is 0 Å². The second-order valence-corrected chi connectivity index (χ2v) is 4.12. The quantitative estimate of drug-likeness (QED) is 0.801. The lowest BCUT2D eigenvalue weighted by atomic mass is 9.95. The Morgan fingerprint density at radius 1 is 1.38 bits per heavy atom. The van der Waals surface area contributed by atoms with Crippen LogP contribution in [0.1, 0.15) is 45.1 Å². The molecular formula is C13H20N2O. The highest BCUT2D eigenvalue weighted by atomic mass is 16.3. The van der Waals surface area contributed by atoms with E-state index in [4.69, 9.17) is 9.68 Å². The smallest absolute Gasteiger partial charge is 0.203 e. The van der Waals surface area contributed by atoms with Crippen molar-refractivity contribution >= 4 is 0 Å². The van der Waals surface area contributed by atoms with Crippen LogP contribution in [0.2, 0.25) is 0 Å². The van der Waals surface area contributed by atoms with Crippen LogP contribution in [0.3, 0.4) is 0 Å². The first-order valence-corrected chi connectivity index (χ1v) is 5.93. The third kappa shape index (κ3) is 3.39. The van der Waals surface area contributed by atoms with E-state index in [1.165, 1.54) is 12.8 Å². The monoisotopic (exact) mass is 220 g/mol. The Kier molecular flexibility index (Phi) is 5.07. The highest BCUT2D eigenvalue weighted by Crippen LogP contribution is 2.13. The fraction of sp³-hybridized carbons (Fsp3) is 0.615. The van der Waals surface area contributed by atoms with Gasteiger partial charge in [0.1, 0.15) is 11.8 Å². The zero-order chi connectivity index (χ0) is 12.0. The van der Waals surface area contributed by atoms with Gasteiger partial charge in [0.05, 0.1) is 6.54 Å². The number of furan rings is 1. The van der Waals surface area contributed by atoms with Crippen molar-refractivity contribution in [1.29, 1.82) is 5.26 Å². The number of rotatable bonds is 6. The first-order chi connectivity index (χ1) is 7.71. The first-order valence-electron chi connectivity index (χ1n) is 5.93. The van der Waals surface area contributed by atoms with E-state index in [9.17, 15) is 0 Å². The summed E-state index contributed by atoms with van der Waals surface area (Å²) in [6, 6.07) is 6.02. The molecule has 1 unspecified atom stereocenters. The van der Waals surface area contributed by atoms with E-state index < -0.39 is 0 Å². The average Bonchev–Trinajstić information content (AvgIpc) is 2.76. The molecule has 0 fully saturated rings. The zero-order valence-corrected chi connectivity index (χ0v) is 10.3. The van der Waals surface area contributed by atoms with Crippen molar-refractivity contribution in [3.8, 4) is 6.07 Å². The molecule has 1 heterocycles. The Bertz CT molecular complexity index is 347. The summed E-state index contributed by atoms with van der Waals surface area (Å²) >= 11 is 0. The summed E-state index contributed by atoms with van der Waals surface area (Å²) in [7, 11) is 0. The molecule has 1 aromatic heterocycles. The molecule has 3 nitrogen and oxygen atoms in total. The molecule has 1 N–H and O–H groups in total. The van der Waals surface area contributed by atoms with Crippen LogP contribution in [0.4, 0.5) is 0 Å². The van der Waals surface area contributed by atoms with Gasteiger partial charge in [0.2, 0.25) is 5.76 Å². The molecule has 0 bridgehead atoms. The maximum absolute atomic E-state index is 8.63. The lowest BCUT2D eigenvalue weighted by Gasteiger charge is -2.21. The fourth-order valence-electron chi connectivity index (χ4n) is 1.96. The molecule has 0 saturated carbocycles. The van der Waals surface area contributed by atoms with Crippen LogP contribution in [0.25, 0.3) is 0 Å². The minimum Gasteiger partial charge on any atom is -0.449 e. The number of nitrogens with one attached hydrogen (secondary N) is 1. The van der Waals surface area contributed by atoms with Crippen LogP contribution in [0.5, 0.6) is 0 Å². The molecule has 16 heavy (non-hydrogen) atoms. The van der Waals surface area contributed by atoms with E-state index in [0.717, 1.165) is 5.76 Å². The SMILES string of the molecule is CCC(CC)C(C)NCc1ccc(C#N)o1. The van der Waals surface area contributed by atoms with E-state index in [1.807, 2.05) is 12.1 Å². The maximum Gasteiger partial charge on any atom is 0.203 e. The van der Waals surface area contributed by atoms with Gasteiger partial charge in [-0.15, -0.1) is 0 Å². The van der Waals surface area contributed by atoms with Gasteiger partial charge in [-0.3, -0.25) is 0 Å². The van der Waals surface area contributed by atoms with E-state index in [2.05, 4.69) is 26.1 Å². The minimum atomic E-state index is 0.381. The number of hydrogen-bond donors (Lipinski definition) is 1. The van der Waals surface area contributed by atoms with Crippen molar-refractivity contribution in [2.75, 3.05) is 0 Å². The molecule has 3 heteroatoms. The summed E-state index contributed by atoms with van der Waals surface area (Å²) in [5, 5.41) is 12.1. The van der Waals surface area contributed by atoms with Gasteiger partial charge in [0, 0.05) is 6.04 Å². The Morgan fingerprint density at radius 2 is 2.06 bits per heavy atom. The molecule has 0 amide bonds. The summed E-state index contributed by atoms with van der Waals surface area (Å²) < 4.78 is 5.31. The van der Waals surface area contributed by atoms with E-state index in [-0.39, 0.29) is 0 Å². The summed E-state index contributed by atoms with van der Waals surface area (Å²) in [5.41, 5.74) is 0. The molecule has 0 spiro atoms.